The van der Waals surface area contributed by atoms with Crippen LogP contribution in [0.25, 0.3) is 16.7 Å². The molecule has 0 aliphatic heterocycles. The van der Waals surface area contributed by atoms with Crippen molar-refractivity contribution in [1.82, 2.24) is 9.13 Å². The molecule has 4 aliphatic rings. The molecule has 14 heteroatoms. The number of nitrogens with zero attached hydrogens (tertiary/aromatic N) is 2. The van der Waals surface area contributed by atoms with E-state index >= 15 is 0 Å². The van der Waals surface area contributed by atoms with Gasteiger partial charge in [0, 0.05) is 29.7 Å². The standard InChI is InChI=1S/C25H31NO2.C16H19Br.C9H14BNO4.2CO2/c1-17-12-13-20-19(15-17)16-21(23(20)18-9-6-5-7-10-18)22-11-8-14-26(22)24(27)28-25(2,3)4;1-11-7-8-14-13(9-11)10-15(17)16(14)12-5-3-2-4-6-12;1-9(2,3)15-8(12)11-6-4-5-7(11)10(13)14;2*2-1-3/h8,11-15,18H,5-7,9-10,16H2,1-4H3;7-9,12H,2-6,10H2,1H3;4-6,13-14H,1-3H3;;. The van der Waals surface area contributed by atoms with Crippen molar-refractivity contribution < 1.29 is 48.3 Å². The summed E-state index contributed by atoms with van der Waals surface area (Å²) in [6.07, 6.45) is 18.3. The molecule has 0 amide bonds. The smallest absolute Gasteiger partial charge is 0.443 e. The number of hydrogen-bond donors (Lipinski definition) is 2. The highest BCUT2D eigenvalue weighted by Gasteiger charge is 2.32. The summed E-state index contributed by atoms with van der Waals surface area (Å²) in [7, 11) is -1.69. The van der Waals surface area contributed by atoms with Crippen LogP contribution in [0, 0.1) is 25.7 Å². The predicted molar refractivity (Wildman–Crippen MR) is 258 cm³/mol. The molecule has 2 heterocycles. The summed E-state index contributed by atoms with van der Waals surface area (Å²) in [5.74, 6) is 1.40. The van der Waals surface area contributed by atoms with Crippen molar-refractivity contribution >= 4 is 69.9 Å². The maximum atomic E-state index is 12.8. The molecule has 0 unspecified atom stereocenters. The van der Waals surface area contributed by atoms with Gasteiger partial charge in [0.1, 0.15) is 11.2 Å². The van der Waals surface area contributed by atoms with Crippen molar-refractivity contribution in [1.29, 1.82) is 0 Å². The van der Waals surface area contributed by atoms with Crippen molar-refractivity contribution in [3.05, 3.63) is 117 Å². The van der Waals surface area contributed by atoms with Crippen LogP contribution in [-0.2, 0) is 41.5 Å². The summed E-state index contributed by atoms with van der Waals surface area (Å²) >= 11 is 3.83. The summed E-state index contributed by atoms with van der Waals surface area (Å²) in [5, 5.41) is 17.9. The van der Waals surface area contributed by atoms with Crippen molar-refractivity contribution in [3.8, 4) is 0 Å². The average Bonchev–Trinajstić information content (AvgIpc) is 4.06. The molecule has 8 rings (SSSR count). The topological polar surface area (TPSA) is 171 Å². The van der Waals surface area contributed by atoms with Crippen molar-refractivity contribution in [3.63, 3.8) is 0 Å². The molecule has 0 bridgehead atoms. The van der Waals surface area contributed by atoms with Gasteiger partial charge in [-0.05, 0) is 156 Å². The second-order valence-electron chi connectivity index (χ2n) is 19.1. The molecular weight excluding hydrogens is 903 g/mol. The van der Waals surface area contributed by atoms with E-state index in [0.717, 1.165) is 29.0 Å². The van der Waals surface area contributed by atoms with Gasteiger partial charge >= 0.3 is 31.6 Å². The molecule has 0 atom stereocenters. The zero-order chi connectivity index (χ0) is 48.8. The largest absolute Gasteiger partial charge is 0.506 e. The molecule has 2 aromatic carbocycles. The zero-order valence-corrected chi connectivity index (χ0v) is 41.2. The summed E-state index contributed by atoms with van der Waals surface area (Å²) in [4.78, 5) is 56.9. The highest BCUT2D eigenvalue weighted by atomic mass is 79.9. The number of ether oxygens (including phenoxy) is 2. The fourth-order valence-electron chi connectivity index (χ4n) is 9.22. The van der Waals surface area contributed by atoms with E-state index < -0.39 is 24.4 Å². The van der Waals surface area contributed by atoms with Crippen LogP contribution in [-0.4, -0.2) is 62.0 Å². The van der Waals surface area contributed by atoms with Crippen LogP contribution in [0.1, 0.15) is 145 Å². The summed E-state index contributed by atoms with van der Waals surface area (Å²) < 4.78 is 14.9. The first kappa shape index (κ1) is 53.3. The third-order valence-corrected chi connectivity index (χ3v) is 12.4. The Balaban J connectivity index is 0.000000215. The highest BCUT2D eigenvalue weighted by Crippen LogP contribution is 2.48. The molecule has 2 aromatic heterocycles. The van der Waals surface area contributed by atoms with Crippen molar-refractivity contribution in [2.75, 3.05) is 0 Å². The van der Waals surface area contributed by atoms with Gasteiger partial charge in [-0.1, -0.05) is 102 Å². The first-order chi connectivity index (χ1) is 31.2. The number of carbonyl (C=O) groups excluding carboxylic acids is 6. The molecule has 2 saturated carbocycles. The van der Waals surface area contributed by atoms with E-state index in [0.29, 0.717) is 5.92 Å². The first-order valence-corrected chi connectivity index (χ1v) is 23.5. The molecule has 12 nitrogen and oxygen atoms in total. The molecule has 0 saturated heterocycles. The molecule has 0 radical (unpaired) electrons. The number of aromatic nitrogens is 2. The van der Waals surface area contributed by atoms with E-state index in [9.17, 15) is 9.59 Å². The fourth-order valence-corrected chi connectivity index (χ4v) is 10.1. The Morgan fingerprint density at radius 2 is 1.06 bits per heavy atom. The van der Waals surface area contributed by atoms with Crippen molar-refractivity contribution in [2.24, 2.45) is 11.8 Å². The summed E-state index contributed by atoms with van der Waals surface area (Å²) in [5.41, 5.74) is 12.9. The van der Waals surface area contributed by atoms with Crippen LogP contribution in [0.5, 0.6) is 0 Å². The van der Waals surface area contributed by atoms with E-state index in [1.165, 1.54) is 125 Å². The van der Waals surface area contributed by atoms with Gasteiger partial charge < -0.3 is 19.5 Å². The SMILES string of the molecule is CC(C)(C)OC(=O)n1cccc1B(O)O.Cc1ccc2c(c1)CC(Br)=C2C1CCCCC1.Cc1ccc2c(c1)CC(c1cccn1C(=O)OC(C)(C)C)=C2C1CCCCC1.O=C=O.O=C=O. The monoisotopic (exact) mass is 966 g/mol. The Labute approximate surface area is 397 Å². The normalized spacial score (nSPS) is 15.7. The van der Waals surface area contributed by atoms with Gasteiger partial charge in [-0.2, -0.15) is 19.2 Å². The predicted octanol–water partition coefficient (Wildman–Crippen LogP) is 10.6. The molecule has 2 N–H and O–H groups in total. The van der Waals surface area contributed by atoms with Gasteiger partial charge in [-0.15, -0.1) is 0 Å². The lowest BCUT2D eigenvalue weighted by Gasteiger charge is -2.26. The van der Waals surface area contributed by atoms with Crippen LogP contribution >= 0.6 is 15.9 Å². The zero-order valence-electron chi connectivity index (χ0n) is 39.6. The van der Waals surface area contributed by atoms with Gasteiger partial charge in [-0.25, -0.2) is 9.59 Å². The van der Waals surface area contributed by atoms with Gasteiger partial charge in [0.15, 0.2) is 0 Å². The Morgan fingerprint density at radius 1 is 0.636 bits per heavy atom. The van der Waals surface area contributed by atoms with Gasteiger partial charge in [0.25, 0.3) is 0 Å². The van der Waals surface area contributed by atoms with E-state index in [-0.39, 0.29) is 24.0 Å². The molecule has 4 aliphatic carbocycles. The average molecular weight is 968 g/mol. The summed E-state index contributed by atoms with van der Waals surface area (Å²) in [6, 6.07) is 20.8. The lowest BCUT2D eigenvalue weighted by Crippen LogP contribution is -2.40. The second-order valence-corrected chi connectivity index (χ2v) is 20.1. The third kappa shape index (κ3) is 14.8. The number of fused-ring (bicyclic) bond motifs is 2. The quantitative estimate of drug-likeness (QED) is 0.188. The number of hydrogen-bond acceptors (Lipinski definition) is 10. The minimum Gasteiger partial charge on any atom is -0.443 e. The number of allylic oxidation sites excluding steroid dienone is 4. The number of carbonyl (C=O) groups is 2. The molecule has 2 fully saturated rings. The van der Waals surface area contributed by atoms with Gasteiger partial charge in [0.2, 0.25) is 0 Å². The minimum atomic E-state index is -1.69. The maximum absolute atomic E-state index is 12.8. The van der Waals surface area contributed by atoms with E-state index in [1.807, 2.05) is 33.0 Å². The van der Waals surface area contributed by atoms with Crippen LogP contribution in [0.4, 0.5) is 9.59 Å². The number of halogens is 1. The van der Waals surface area contributed by atoms with E-state index in [1.54, 1.807) is 37.0 Å². The van der Waals surface area contributed by atoms with Crippen LogP contribution in [0.2, 0.25) is 0 Å². The maximum Gasteiger partial charge on any atom is 0.506 e. The summed E-state index contributed by atoms with van der Waals surface area (Å²) in [6.45, 7) is 15.3. The lowest BCUT2D eigenvalue weighted by atomic mass is 9.80. The molecular formula is C52H64BBrN2O10. The first-order valence-electron chi connectivity index (χ1n) is 22.7. The Hall–Kier alpha value is -5.36. The Morgan fingerprint density at radius 3 is 1.55 bits per heavy atom. The fraction of sp³-hybridized carbons (Fsp3) is 0.462. The number of benzene rings is 2. The number of aryl methyl sites for hydroxylation is 2. The Bertz CT molecular complexity index is 2410. The van der Waals surface area contributed by atoms with Gasteiger partial charge in [-0.3, -0.25) is 9.13 Å². The number of rotatable bonds is 4. The van der Waals surface area contributed by atoms with Crippen LogP contribution in [0.3, 0.4) is 0 Å². The molecule has 0 spiro atoms. The molecule has 352 valence electrons. The highest BCUT2D eigenvalue weighted by molar-refractivity contribution is 9.11. The van der Waals surface area contributed by atoms with E-state index in [2.05, 4.69) is 72.2 Å². The van der Waals surface area contributed by atoms with Crippen LogP contribution < -0.4 is 5.59 Å². The molecule has 66 heavy (non-hydrogen) atoms. The van der Waals surface area contributed by atoms with Crippen LogP contribution in [0.15, 0.2) is 77.5 Å². The van der Waals surface area contributed by atoms with E-state index in [4.69, 9.17) is 38.7 Å². The third-order valence-electron chi connectivity index (χ3n) is 11.7. The second kappa shape index (κ2) is 24.4. The lowest BCUT2D eigenvalue weighted by molar-refractivity contribution is -0.193. The molecule has 4 aromatic rings. The minimum absolute atomic E-state index is 0.0873. The van der Waals surface area contributed by atoms with Crippen molar-refractivity contribution in [2.45, 2.75) is 144 Å². The van der Waals surface area contributed by atoms with Gasteiger partial charge in [0.05, 0.1) is 11.3 Å². The Kier molecular flexibility index (Phi) is 19.7.